The Balaban J connectivity index is 2.39. The number of ether oxygens (including phenoxy) is 1. The van der Waals surface area contributed by atoms with Crippen LogP contribution < -0.4 is 0 Å². The smallest absolute Gasteiger partial charge is 0.123 e. The molecule has 1 aliphatic rings. The molecule has 0 N–H and O–H groups in total. The van der Waals surface area contributed by atoms with E-state index in [1.807, 2.05) is 11.3 Å². The zero-order valence-electron chi connectivity index (χ0n) is 6.48. The fourth-order valence-corrected chi connectivity index (χ4v) is 2.59. The molecule has 11 heavy (non-hydrogen) atoms. The first-order valence-electron chi connectivity index (χ1n) is 3.52. The Labute approximate surface area is 78.5 Å². The lowest BCUT2D eigenvalue weighted by Crippen LogP contribution is -1.96. The minimum absolute atomic E-state index is 0.0431. The van der Waals surface area contributed by atoms with Crippen LogP contribution in [0, 0.1) is 6.92 Å². The van der Waals surface area contributed by atoms with Crippen LogP contribution in [0.3, 0.4) is 0 Å². The standard InChI is InChI=1S/C8H9BrOS/c1-5-6(9)3-7(11-5)8(2)4-10-8/h3H,4H2,1-2H3. The summed E-state index contributed by atoms with van der Waals surface area (Å²) in [5.41, 5.74) is 0.0431. The summed E-state index contributed by atoms with van der Waals surface area (Å²) in [6, 6.07) is 2.16. The van der Waals surface area contributed by atoms with Crippen molar-refractivity contribution in [3.05, 3.63) is 20.3 Å². The van der Waals surface area contributed by atoms with Gasteiger partial charge < -0.3 is 4.74 Å². The van der Waals surface area contributed by atoms with Crippen LogP contribution in [0.5, 0.6) is 0 Å². The van der Waals surface area contributed by atoms with E-state index in [-0.39, 0.29) is 5.60 Å². The molecule has 1 unspecified atom stereocenters. The van der Waals surface area contributed by atoms with Crippen LogP contribution in [0.1, 0.15) is 16.7 Å². The Morgan fingerprint density at radius 2 is 2.36 bits per heavy atom. The third-order valence-electron chi connectivity index (χ3n) is 1.96. The van der Waals surface area contributed by atoms with Crippen molar-refractivity contribution in [2.24, 2.45) is 0 Å². The molecule has 1 saturated heterocycles. The summed E-state index contributed by atoms with van der Waals surface area (Å²) in [5.74, 6) is 0. The monoisotopic (exact) mass is 232 g/mol. The molecule has 2 rings (SSSR count). The Morgan fingerprint density at radius 3 is 2.73 bits per heavy atom. The summed E-state index contributed by atoms with van der Waals surface area (Å²) in [5, 5.41) is 0. The number of hydrogen-bond acceptors (Lipinski definition) is 2. The molecular formula is C8H9BrOS. The van der Waals surface area contributed by atoms with Gasteiger partial charge in [-0.15, -0.1) is 11.3 Å². The van der Waals surface area contributed by atoms with Crippen LogP contribution in [-0.2, 0) is 10.3 Å². The van der Waals surface area contributed by atoms with Gasteiger partial charge in [-0.3, -0.25) is 0 Å². The van der Waals surface area contributed by atoms with E-state index >= 15 is 0 Å². The number of epoxide rings is 1. The van der Waals surface area contributed by atoms with Crippen molar-refractivity contribution in [3.8, 4) is 0 Å². The predicted octanol–water partition coefficient (Wildman–Crippen LogP) is 3.06. The van der Waals surface area contributed by atoms with E-state index in [1.54, 1.807) is 0 Å². The summed E-state index contributed by atoms with van der Waals surface area (Å²) < 4.78 is 6.54. The van der Waals surface area contributed by atoms with Crippen LogP contribution in [0.4, 0.5) is 0 Å². The van der Waals surface area contributed by atoms with Gasteiger partial charge in [-0.25, -0.2) is 0 Å². The summed E-state index contributed by atoms with van der Waals surface area (Å²) in [6.45, 7) is 5.12. The molecule has 0 aromatic carbocycles. The molecule has 1 aromatic heterocycles. The van der Waals surface area contributed by atoms with Crippen molar-refractivity contribution >= 4 is 27.3 Å². The molecule has 1 fully saturated rings. The van der Waals surface area contributed by atoms with E-state index in [0.29, 0.717) is 0 Å². The number of halogens is 1. The Morgan fingerprint density at radius 1 is 1.73 bits per heavy atom. The van der Waals surface area contributed by atoms with Crippen LogP contribution in [0.25, 0.3) is 0 Å². The van der Waals surface area contributed by atoms with Crippen molar-refractivity contribution in [1.29, 1.82) is 0 Å². The van der Waals surface area contributed by atoms with Gasteiger partial charge in [0, 0.05) is 14.2 Å². The van der Waals surface area contributed by atoms with E-state index in [2.05, 4.69) is 35.8 Å². The topological polar surface area (TPSA) is 12.5 Å². The van der Waals surface area contributed by atoms with E-state index in [9.17, 15) is 0 Å². The van der Waals surface area contributed by atoms with Gasteiger partial charge in [0.1, 0.15) is 5.60 Å². The first-order chi connectivity index (χ1) is 5.12. The lowest BCUT2D eigenvalue weighted by molar-refractivity contribution is 0.333. The van der Waals surface area contributed by atoms with Gasteiger partial charge >= 0.3 is 0 Å². The fraction of sp³-hybridized carbons (Fsp3) is 0.500. The summed E-state index contributed by atoms with van der Waals surface area (Å²) >= 11 is 5.30. The highest BCUT2D eigenvalue weighted by Gasteiger charge is 2.42. The van der Waals surface area contributed by atoms with Gasteiger partial charge in [0.25, 0.3) is 0 Å². The molecule has 0 spiro atoms. The Hall–Kier alpha value is 0.140. The molecular weight excluding hydrogens is 224 g/mol. The predicted molar refractivity (Wildman–Crippen MR) is 50.1 cm³/mol. The van der Waals surface area contributed by atoms with E-state index in [4.69, 9.17) is 4.74 Å². The van der Waals surface area contributed by atoms with Crippen molar-refractivity contribution in [2.75, 3.05) is 6.61 Å². The first kappa shape index (κ1) is 7.77. The lowest BCUT2D eigenvalue weighted by atomic mass is 10.2. The largest absolute Gasteiger partial charge is 0.364 e. The maximum absolute atomic E-state index is 5.34. The zero-order valence-corrected chi connectivity index (χ0v) is 8.88. The minimum atomic E-state index is 0.0431. The summed E-state index contributed by atoms with van der Waals surface area (Å²) in [6.07, 6.45) is 0. The highest BCUT2D eigenvalue weighted by atomic mass is 79.9. The van der Waals surface area contributed by atoms with Crippen molar-refractivity contribution in [2.45, 2.75) is 19.4 Å². The summed E-state index contributed by atoms with van der Waals surface area (Å²) in [4.78, 5) is 2.67. The number of aryl methyl sites for hydroxylation is 1. The van der Waals surface area contributed by atoms with Crippen molar-refractivity contribution in [3.63, 3.8) is 0 Å². The molecule has 0 amide bonds. The molecule has 0 saturated carbocycles. The van der Waals surface area contributed by atoms with Gasteiger partial charge in [0.05, 0.1) is 6.61 Å². The fourth-order valence-electron chi connectivity index (χ4n) is 0.971. The second kappa shape index (κ2) is 2.31. The minimum Gasteiger partial charge on any atom is -0.364 e. The second-order valence-corrected chi connectivity index (χ2v) is 5.14. The third-order valence-corrected chi connectivity index (χ3v) is 4.34. The van der Waals surface area contributed by atoms with Gasteiger partial charge in [-0.05, 0) is 35.8 Å². The molecule has 0 radical (unpaired) electrons. The third kappa shape index (κ3) is 1.25. The molecule has 0 bridgehead atoms. The Bertz CT molecular complexity index is 269. The molecule has 1 nitrogen and oxygen atoms in total. The summed E-state index contributed by atoms with van der Waals surface area (Å²) in [7, 11) is 0. The highest BCUT2D eigenvalue weighted by Crippen LogP contribution is 2.43. The van der Waals surface area contributed by atoms with Crippen molar-refractivity contribution in [1.82, 2.24) is 0 Å². The molecule has 3 heteroatoms. The normalized spacial score (nSPS) is 29.0. The van der Waals surface area contributed by atoms with E-state index in [1.165, 1.54) is 14.2 Å². The van der Waals surface area contributed by atoms with E-state index in [0.717, 1.165) is 6.61 Å². The quantitative estimate of drug-likeness (QED) is 0.679. The number of hydrogen-bond donors (Lipinski definition) is 0. The number of thiophene rings is 1. The van der Waals surface area contributed by atoms with Gasteiger partial charge in [0.2, 0.25) is 0 Å². The van der Waals surface area contributed by atoms with Crippen LogP contribution in [0.2, 0.25) is 0 Å². The van der Waals surface area contributed by atoms with Gasteiger partial charge in [-0.2, -0.15) is 0 Å². The van der Waals surface area contributed by atoms with Crippen molar-refractivity contribution < 1.29 is 4.74 Å². The molecule has 0 aliphatic carbocycles. The van der Waals surface area contributed by atoms with Gasteiger partial charge in [0.15, 0.2) is 0 Å². The van der Waals surface area contributed by atoms with Crippen LogP contribution >= 0.6 is 27.3 Å². The molecule has 60 valence electrons. The SMILES string of the molecule is Cc1sc(C2(C)CO2)cc1Br. The van der Waals surface area contributed by atoms with Crippen LogP contribution in [0.15, 0.2) is 10.5 Å². The maximum Gasteiger partial charge on any atom is 0.123 e. The average Bonchev–Trinajstić information content (AvgIpc) is 2.59. The van der Waals surface area contributed by atoms with E-state index < -0.39 is 0 Å². The average molecular weight is 233 g/mol. The first-order valence-corrected chi connectivity index (χ1v) is 5.13. The molecule has 1 aromatic rings. The highest BCUT2D eigenvalue weighted by molar-refractivity contribution is 9.10. The lowest BCUT2D eigenvalue weighted by Gasteiger charge is -1.97. The maximum atomic E-state index is 5.34. The zero-order chi connectivity index (χ0) is 8.06. The van der Waals surface area contributed by atoms with Gasteiger partial charge in [-0.1, -0.05) is 0 Å². The second-order valence-electron chi connectivity index (χ2n) is 3.03. The number of rotatable bonds is 1. The Kier molecular flexibility index (Phi) is 1.63. The molecule has 1 aliphatic heterocycles. The van der Waals surface area contributed by atoms with Crippen LogP contribution in [-0.4, -0.2) is 6.61 Å². The molecule has 1 atom stereocenters. The molecule has 2 heterocycles.